The summed E-state index contributed by atoms with van der Waals surface area (Å²) in [5.41, 5.74) is -0.122. The molecule has 20 heavy (non-hydrogen) atoms. The average molecular weight is 288 g/mol. The van der Waals surface area contributed by atoms with E-state index in [9.17, 15) is 18.0 Å². The molecule has 0 N–H and O–H groups in total. The summed E-state index contributed by atoms with van der Waals surface area (Å²) >= 11 is 0. The first-order valence-electron chi connectivity index (χ1n) is 6.04. The van der Waals surface area contributed by atoms with E-state index in [0.717, 1.165) is 12.5 Å². The van der Waals surface area contributed by atoms with Gasteiger partial charge in [0.1, 0.15) is 0 Å². The van der Waals surface area contributed by atoms with Gasteiger partial charge in [0, 0.05) is 19.7 Å². The van der Waals surface area contributed by atoms with Gasteiger partial charge in [0.25, 0.3) is 5.56 Å². The average Bonchev–Trinajstić information content (AvgIpc) is 2.36. The minimum absolute atomic E-state index is 0.536. The first-order chi connectivity index (χ1) is 9.29. The third kappa shape index (κ3) is 3.98. The second-order valence-corrected chi connectivity index (χ2v) is 4.38. The summed E-state index contributed by atoms with van der Waals surface area (Å²) in [7, 11) is 1.76. The third-order valence-corrected chi connectivity index (χ3v) is 2.76. The minimum Gasteiger partial charge on any atom is -0.373 e. The molecule has 0 aromatic carbocycles. The lowest BCUT2D eigenvalue weighted by Crippen LogP contribution is -2.33. The van der Waals surface area contributed by atoms with Crippen LogP contribution in [0.15, 0.2) is 17.1 Å². The Morgan fingerprint density at radius 2 is 2.20 bits per heavy atom. The van der Waals surface area contributed by atoms with Crippen molar-refractivity contribution >= 4 is 5.69 Å². The van der Waals surface area contributed by atoms with Gasteiger partial charge in [0.15, 0.2) is 5.92 Å². The molecule has 1 heterocycles. The van der Waals surface area contributed by atoms with Crippen molar-refractivity contribution in [1.82, 2.24) is 9.78 Å². The van der Waals surface area contributed by atoms with E-state index in [1.54, 1.807) is 11.9 Å². The van der Waals surface area contributed by atoms with Crippen molar-refractivity contribution in [2.75, 3.05) is 18.5 Å². The number of halogens is 3. The Kier molecular flexibility index (Phi) is 5.13. The normalized spacial score (nSPS) is 12.8. The van der Waals surface area contributed by atoms with Crippen LogP contribution in [0.5, 0.6) is 0 Å². The Morgan fingerprint density at radius 3 is 2.65 bits per heavy atom. The Bertz CT molecular complexity index is 547. The molecule has 0 amide bonds. The van der Waals surface area contributed by atoms with Gasteiger partial charge >= 0.3 is 6.18 Å². The van der Waals surface area contributed by atoms with Gasteiger partial charge in [-0.15, -0.1) is 0 Å². The van der Waals surface area contributed by atoms with Crippen LogP contribution in [0.3, 0.4) is 0 Å². The molecule has 0 aliphatic carbocycles. The van der Waals surface area contributed by atoms with Gasteiger partial charge in [-0.05, 0) is 6.42 Å². The summed E-state index contributed by atoms with van der Waals surface area (Å²) < 4.78 is 38.1. The van der Waals surface area contributed by atoms with E-state index in [4.69, 9.17) is 5.26 Å². The molecule has 0 saturated carbocycles. The molecule has 1 aromatic heterocycles. The van der Waals surface area contributed by atoms with E-state index >= 15 is 0 Å². The molecular formula is C12H15F3N4O. The zero-order chi connectivity index (χ0) is 15.3. The van der Waals surface area contributed by atoms with Crippen LogP contribution in [0.25, 0.3) is 0 Å². The van der Waals surface area contributed by atoms with Crippen molar-refractivity contribution in [1.29, 1.82) is 5.26 Å². The van der Waals surface area contributed by atoms with Gasteiger partial charge in [0.2, 0.25) is 0 Å². The zero-order valence-electron chi connectivity index (χ0n) is 11.2. The highest BCUT2D eigenvalue weighted by atomic mass is 19.4. The molecule has 0 radical (unpaired) electrons. The van der Waals surface area contributed by atoms with E-state index < -0.39 is 24.2 Å². The van der Waals surface area contributed by atoms with Crippen LogP contribution >= 0.6 is 0 Å². The summed E-state index contributed by atoms with van der Waals surface area (Å²) in [5.74, 6) is -2.24. The van der Waals surface area contributed by atoms with Gasteiger partial charge in [-0.3, -0.25) is 4.79 Å². The van der Waals surface area contributed by atoms with E-state index in [2.05, 4.69) is 5.10 Å². The maximum Gasteiger partial charge on any atom is 0.406 e. The third-order valence-electron chi connectivity index (χ3n) is 2.76. The molecule has 0 bridgehead atoms. The van der Waals surface area contributed by atoms with Crippen LogP contribution < -0.4 is 10.5 Å². The maximum absolute atomic E-state index is 12.5. The molecule has 8 heteroatoms. The highest BCUT2D eigenvalue weighted by molar-refractivity contribution is 5.41. The molecule has 5 nitrogen and oxygen atoms in total. The lowest BCUT2D eigenvalue weighted by Gasteiger charge is -2.18. The fourth-order valence-electron chi connectivity index (χ4n) is 1.62. The molecule has 110 valence electrons. The molecule has 1 atom stereocenters. The minimum atomic E-state index is -4.67. The molecule has 1 aromatic rings. The van der Waals surface area contributed by atoms with Crippen molar-refractivity contribution in [3.63, 3.8) is 0 Å². The van der Waals surface area contributed by atoms with Crippen molar-refractivity contribution in [3.8, 4) is 6.07 Å². The number of nitrogens with zero attached hydrogens (tertiary/aromatic N) is 4. The lowest BCUT2D eigenvalue weighted by molar-refractivity contribution is -0.162. The smallest absolute Gasteiger partial charge is 0.373 e. The van der Waals surface area contributed by atoms with Crippen molar-refractivity contribution in [2.45, 2.75) is 26.1 Å². The zero-order valence-corrected chi connectivity index (χ0v) is 11.2. The topological polar surface area (TPSA) is 61.9 Å². The molecule has 0 aliphatic heterocycles. The maximum atomic E-state index is 12.5. The van der Waals surface area contributed by atoms with E-state index in [-0.39, 0.29) is 0 Å². The van der Waals surface area contributed by atoms with Crippen LogP contribution in [0.1, 0.15) is 13.3 Å². The quantitative estimate of drug-likeness (QED) is 0.828. The summed E-state index contributed by atoms with van der Waals surface area (Å²) in [6.45, 7) is 1.87. The number of hydrogen-bond donors (Lipinski definition) is 0. The van der Waals surface area contributed by atoms with Crippen LogP contribution in [0, 0.1) is 17.2 Å². The standard InChI is InChI=1S/C12H15F3N4O/c1-3-4-18(2)10-5-11(20)19(17-7-10)8-9(6-16)12(13,14)15/h5,7,9H,3-4,8H2,1-2H3. The highest BCUT2D eigenvalue weighted by Gasteiger charge is 2.40. The summed E-state index contributed by atoms with van der Waals surface area (Å²) in [6, 6.07) is 2.36. The van der Waals surface area contributed by atoms with Crippen molar-refractivity contribution in [3.05, 3.63) is 22.6 Å². The first kappa shape index (κ1) is 16.0. The molecule has 0 fully saturated rings. The predicted molar refractivity (Wildman–Crippen MR) is 67.2 cm³/mol. The van der Waals surface area contributed by atoms with Gasteiger partial charge in [-0.25, -0.2) is 4.68 Å². The molecular weight excluding hydrogens is 273 g/mol. The Morgan fingerprint density at radius 1 is 1.55 bits per heavy atom. The van der Waals surface area contributed by atoms with Crippen LogP contribution in [-0.2, 0) is 6.54 Å². The predicted octanol–water partition coefficient (Wildman–Crippen LogP) is 1.79. The summed E-state index contributed by atoms with van der Waals surface area (Å²) in [4.78, 5) is 13.5. The van der Waals surface area contributed by atoms with Crippen LogP contribution in [0.2, 0.25) is 0 Å². The Balaban J connectivity index is 2.95. The Labute approximate surface area is 114 Å². The summed E-state index contributed by atoms with van der Waals surface area (Å²) in [6.07, 6.45) is -2.49. The first-order valence-corrected chi connectivity index (χ1v) is 6.04. The van der Waals surface area contributed by atoms with E-state index in [1.165, 1.54) is 12.3 Å². The molecule has 0 saturated heterocycles. The number of rotatable bonds is 5. The molecule has 0 spiro atoms. The highest BCUT2D eigenvalue weighted by Crippen LogP contribution is 2.26. The number of alkyl halides is 3. The Hall–Kier alpha value is -2.04. The van der Waals surface area contributed by atoms with Crippen LogP contribution in [0.4, 0.5) is 18.9 Å². The van der Waals surface area contributed by atoms with E-state index in [0.29, 0.717) is 16.9 Å². The van der Waals surface area contributed by atoms with Gasteiger partial charge in [-0.1, -0.05) is 6.92 Å². The lowest BCUT2D eigenvalue weighted by atomic mass is 10.1. The fourth-order valence-corrected chi connectivity index (χ4v) is 1.62. The largest absolute Gasteiger partial charge is 0.406 e. The monoisotopic (exact) mass is 288 g/mol. The SMILES string of the molecule is CCCN(C)c1cnn(CC(C#N)C(F)(F)F)c(=O)c1. The second-order valence-electron chi connectivity index (χ2n) is 4.38. The van der Waals surface area contributed by atoms with E-state index in [1.807, 2.05) is 6.92 Å². The molecule has 1 rings (SSSR count). The van der Waals surface area contributed by atoms with Gasteiger partial charge in [0.05, 0.1) is 24.5 Å². The number of aromatic nitrogens is 2. The summed E-state index contributed by atoms with van der Waals surface area (Å²) in [5, 5.41) is 12.2. The van der Waals surface area contributed by atoms with Gasteiger partial charge < -0.3 is 4.90 Å². The van der Waals surface area contributed by atoms with Crippen LogP contribution in [-0.4, -0.2) is 29.5 Å². The second kappa shape index (κ2) is 6.41. The number of nitriles is 1. The van der Waals surface area contributed by atoms with Crippen molar-refractivity contribution in [2.24, 2.45) is 5.92 Å². The van der Waals surface area contributed by atoms with Crippen molar-refractivity contribution < 1.29 is 13.2 Å². The molecule has 1 unspecified atom stereocenters. The number of hydrogen-bond acceptors (Lipinski definition) is 4. The number of anilines is 1. The molecule has 0 aliphatic rings. The fraction of sp³-hybridized carbons (Fsp3) is 0.583. The van der Waals surface area contributed by atoms with Gasteiger partial charge in [-0.2, -0.15) is 23.5 Å².